The number of aliphatic hydroxyl groups is 10. The Morgan fingerprint density at radius 3 is 1.19 bits per heavy atom. The van der Waals surface area contributed by atoms with Gasteiger partial charge in [0.2, 0.25) is 0 Å². The summed E-state index contributed by atoms with van der Waals surface area (Å²) in [5.41, 5.74) is -2.17. The van der Waals surface area contributed by atoms with Gasteiger partial charge in [-0.1, -0.05) is 90.2 Å². The Kier molecular flexibility index (Phi) is 20.9. The van der Waals surface area contributed by atoms with E-state index in [1.807, 2.05) is 83.3 Å². The zero-order valence-corrected chi connectivity index (χ0v) is 33.4. The quantitative estimate of drug-likeness (QED) is 0.102. The predicted octanol–water partition coefficient (Wildman–Crippen LogP) is -0.222. The van der Waals surface area contributed by atoms with Crippen molar-refractivity contribution in [3.8, 4) is 0 Å². The summed E-state index contributed by atoms with van der Waals surface area (Å²) in [4.78, 5) is 0. The highest BCUT2D eigenvalue weighted by atomic mass is 16.8. The third kappa shape index (κ3) is 12.2. The number of hydrogen-bond acceptors (Lipinski definition) is 16. The number of rotatable bonds is 10. The first-order chi connectivity index (χ1) is 25.5. The molecule has 16 nitrogen and oxygen atoms in total. The van der Waals surface area contributed by atoms with Crippen molar-refractivity contribution >= 4 is 7.28 Å². The largest absolute Gasteiger partial charge is 0.394 e. The second-order valence-electron chi connectivity index (χ2n) is 14.6. The van der Waals surface area contributed by atoms with Crippen LogP contribution in [0, 0.1) is 10.8 Å². The van der Waals surface area contributed by atoms with Gasteiger partial charge in [0.05, 0.1) is 25.4 Å². The highest BCUT2D eigenvalue weighted by molar-refractivity contribution is 6.33. The maximum absolute atomic E-state index is 11.3. The van der Waals surface area contributed by atoms with Gasteiger partial charge in [-0.15, -0.1) is 0 Å². The lowest BCUT2D eigenvalue weighted by Crippen LogP contribution is -2.68. The lowest BCUT2D eigenvalue weighted by molar-refractivity contribution is -0.407. The molecule has 0 aliphatic carbocycles. The van der Waals surface area contributed by atoms with Crippen LogP contribution < -0.4 is 0 Å². The van der Waals surface area contributed by atoms with Crippen molar-refractivity contribution in [2.75, 3.05) is 19.8 Å². The minimum atomic E-state index is -1.88. The second-order valence-corrected chi connectivity index (χ2v) is 14.6. The van der Waals surface area contributed by atoms with Crippen molar-refractivity contribution < 1.29 is 83.6 Å². The molecule has 52 heavy (non-hydrogen) atoms. The van der Waals surface area contributed by atoms with E-state index in [0.29, 0.717) is 0 Å². The number of hydrogen-bond donors (Lipinski definition) is 10. The summed E-state index contributed by atoms with van der Waals surface area (Å²) in [6, 6.07) is 0. The molecule has 17 heteroatoms. The van der Waals surface area contributed by atoms with Gasteiger partial charge in [-0.25, -0.2) is 0 Å². The second kappa shape index (κ2) is 22.8. The van der Waals surface area contributed by atoms with Gasteiger partial charge >= 0.3 is 0 Å². The van der Waals surface area contributed by atoms with Crippen LogP contribution in [0.1, 0.15) is 88.2 Å². The van der Waals surface area contributed by atoms with Gasteiger partial charge in [0.15, 0.2) is 18.9 Å². The van der Waals surface area contributed by atoms with E-state index in [-0.39, 0.29) is 6.30 Å². The maximum atomic E-state index is 11.3. The van der Waals surface area contributed by atoms with Crippen LogP contribution in [0.25, 0.3) is 0 Å². The minimum Gasteiger partial charge on any atom is -0.394 e. The fraction of sp³-hybridized carbons (Fsp3) is 1.00. The molecule has 313 valence electrons. The molecule has 0 saturated carbocycles. The van der Waals surface area contributed by atoms with E-state index in [1.165, 1.54) is 14.8 Å². The smallest absolute Gasteiger partial charge is 0.187 e. The van der Waals surface area contributed by atoms with Gasteiger partial charge in [0.25, 0.3) is 0 Å². The molecule has 3 aliphatic heterocycles. The molecule has 10 N–H and O–H groups in total. The van der Waals surface area contributed by atoms with Crippen LogP contribution in [0.15, 0.2) is 0 Å². The Bertz CT molecular complexity index is 978. The average molecular weight is 763 g/mol. The molecule has 0 spiro atoms. The lowest BCUT2D eigenvalue weighted by Gasteiger charge is -2.55. The van der Waals surface area contributed by atoms with Crippen LogP contribution in [0.2, 0.25) is 13.1 Å². The van der Waals surface area contributed by atoms with Gasteiger partial charge in [-0.05, 0) is 17.8 Å². The van der Waals surface area contributed by atoms with Crippen molar-refractivity contribution in [1.29, 1.82) is 0 Å². The molecule has 0 aromatic rings. The molecule has 12 unspecified atom stereocenters. The van der Waals surface area contributed by atoms with Gasteiger partial charge < -0.3 is 79.5 Å². The molecule has 3 heterocycles. The van der Waals surface area contributed by atoms with E-state index in [1.54, 1.807) is 0 Å². The maximum Gasteiger partial charge on any atom is 0.187 e. The Morgan fingerprint density at radius 1 is 0.577 bits per heavy atom. The van der Waals surface area contributed by atoms with Crippen LogP contribution in [-0.4, -0.2) is 176 Å². The Hall–Kier alpha value is -0.575. The Labute approximate surface area is 316 Å². The lowest BCUT2D eigenvalue weighted by atomic mass is 9.63. The van der Waals surface area contributed by atoms with E-state index < -0.39 is 128 Å². The first-order valence-electron chi connectivity index (χ1n) is 19.8. The molecule has 3 fully saturated rings. The summed E-state index contributed by atoms with van der Waals surface area (Å²) in [5, 5.41) is 103. The monoisotopic (exact) mass is 763 g/mol. The van der Waals surface area contributed by atoms with Crippen molar-refractivity contribution in [3.05, 3.63) is 0 Å². The van der Waals surface area contributed by atoms with Crippen molar-refractivity contribution in [2.24, 2.45) is 10.8 Å². The SMILES string of the molecule is CC.CC(C)(C)C(C)(OC1OC(CO)C(O)C(OC2OC(CO)C(O)C(O)C2O)C1OC1O[C@H](CO)[C@@H](O)[C@H](O)[C@@H]1O)C(C)(C)C.[1H]C.[1H]C.[1H][13CH](C)[B]C. The van der Waals surface area contributed by atoms with Crippen molar-refractivity contribution in [2.45, 2.75) is 195 Å². The number of aliphatic hydroxyl groups excluding tert-OH is 10. The molecule has 3 saturated heterocycles. The standard InChI is InChI=1S/C28H52O16.C3H8B.C2H6.2CH4/c1-26(2,3)28(7,27(4,5)6)44-25-22(43-24-20(38)18(36)15(33)12(9-30)40-24)21(16(34)13(10-31)41-25)42-23-19(37)17(35)14(32)11(8-29)39-23;1-3-4-2;1-2;;/h11-25,29-38H,8-10H2,1-7H3;3H2,1-2H3;1-2H3;2*1H4/t11?,12-,13?,14?,15-,16?,17?,18+,19?,20+,21?,22?,23?,24?,25?;;;;/m1..../s1/i;3+1H;;2*1H. The predicted molar refractivity (Wildman–Crippen MR) is 194 cm³/mol. The third-order valence-electron chi connectivity index (χ3n) is 9.63. The average Bonchev–Trinajstić information content (AvgIpc) is 3.15. The summed E-state index contributed by atoms with van der Waals surface area (Å²) in [6.07, 6.45) is -24.8. The molecule has 3 rings (SSSR count). The summed E-state index contributed by atoms with van der Waals surface area (Å²) in [6.45, 7) is 18.9. The minimum absolute atomic E-state index is 0.00926. The molecule has 0 amide bonds. The first-order valence-corrected chi connectivity index (χ1v) is 17.3. The summed E-state index contributed by atoms with van der Waals surface area (Å²) >= 11 is 0. The summed E-state index contributed by atoms with van der Waals surface area (Å²) in [7, 11) is 4.33. The van der Waals surface area contributed by atoms with Crippen molar-refractivity contribution in [1.82, 2.24) is 0 Å². The molecular weight excluding hydrogens is 688 g/mol. The van der Waals surface area contributed by atoms with Crippen LogP contribution >= 0.6 is 0 Å². The third-order valence-corrected chi connectivity index (χ3v) is 9.63. The summed E-state index contributed by atoms with van der Waals surface area (Å²) < 4.78 is 53.9. The Morgan fingerprint density at radius 2 is 0.885 bits per heavy atom. The summed E-state index contributed by atoms with van der Waals surface area (Å²) in [5.74, 6) is 0. The normalized spacial score (nSPS) is 39.4. The van der Waals surface area contributed by atoms with E-state index in [9.17, 15) is 51.1 Å². The Balaban J connectivity index is 0. The molecule has 0 aromatic heterocycles. The topological polar surface area (TPSA) is 258 Å². The van der Waals surface area contributed by atoms with Crippen LogP contribution in [0.5, 0.6) is 0 Å². The molecule has 3 aliphatic rings. The van der Waals surface area contributed by atoms with E-state index in [4.69, 9.17) is 32.5 Å². The molecule has 0 aromatic carbocycles. The fourth-order valence-electron chi connectivity index (χ4n) is 5.82. The zero-order valence-electron chi connectivity index (χ0n) is 36.4. The number of ether oxygens (including phenoxy) is 6. The molecular formula is C35H74BO16. The van der Waals surface area contributed by atoms with E-state index in [0.717, 1.165) is 0 Å². The van der Waals surface area contributed by atoms with Crippen molar-refractivity contribution in [3.63, 3.8) is 0 Å². The first kappa shape index (κ1) is 47.6. The van der Waals surface area contributed by atoms with Crippen LogP contribution in [0.4, 0.5) is 0 Å². The van der Waals surface area contributed by atoms with Crippen LogP contribution in [-0.2, 0) is 28.4 Å². The van der Waals surface area contributed by atoms with Gasteiger partial charge in [-0.2, -0.15) is 0 Å². The highest BCUT2D eigenvalue weighted by Crippen LogP contribution is 2.49. The van der Waals surface area contributed by atoms with Gasteiger partial charge in [-0.3, -0.25) is 0 Å². The molecule has 1 radical (unpaired) electrons. The molecule has 16 atom stereocenters. The van der Waals surface area contributed by atoms with Gasteiger partial charge in [0.1, 0.15) is 80.5 Å². The van der Waals surface area contributed by atoms with Crippen LogP contribution in [0.3, 0.4) is 0 Å². The van der Waals surface area contributed by atoms with Gasteiger partial charge in [0, 0.05) is 4.11 Å². The van der Waals surface area contributed by atoms with E-state index >= 15 is 0 Å². The highest BCUT2D eigenvalue weighted by Gasteiger charge is 2.58. The zero-order chi connectivity index (χ0) is 43.8. The molecule has 0 bridgehead atoms. The fourth-order valence-corrected chi connectivity index (χ4v) is 5.82. The van der Waals surface area contributed by atoms with E-state index in [2.05, 4.69) is 0 Å².